The summed E-state index contributed by atoms with van der Waals surface area (Å²) in [5.74, 6) is 0.533. The van der Waals surface area contributed by atoms with Gasteiger partial charge >= 0.3 is 0 Å². The van der Waals surface area contributed by atoms with Gasteiger partial charge in [-0.25, -0.2) is 0 Å². The number of likely N-dealkylation sites (N-methyl/N-ethyl adjacent to an activating group) is 1. The first-order chi connectivity index (χ1) is 8.19. The van der Waals surface area contributed by atoms with Crippen LogP contribution in [0.25, 0.3) is 0 Å². The van der Waals surface area contributed by atoms with Crippen LogP contribution >= 0.6 is 0 Å². The highest BCUT2D eigenvalue weighted by molar-refractivity contribution is 4.87. The maximum atomic E-state index is 9.18. The Bertz CT molecular complexity index is 235. The molecule has 2 aliphatic rings. The van der Waals surface area contributed by atoms with Crippen LogP contribution in [0.1, 0.15) is 12.8 Å². The second kappa shape index (κ2) is 6.14. The minimum absolute atomic E-state index is 0.369. The molecule has 0 spiro atoms. The molecular weight excluding hydrogens is 214 g/mol. The molecule has 1 N–H and O–H groups in total. The summed E-state index contributed by atoms with van der Waals surface area (Å²) < 4.78 is 0. The van der Waals surface area contributed by atoms with Gasteiger partial charge in [0, 0.05) is 38.8 Å². The Hall–Kier alpha value is -0.160. The zero-order valence-corrected chi connectivity index (χ0v) is 11.3. The van der Waals surface area contributed by atoms with Gasteiger partial charge in [-0.2, -0.15) is 0 Å². The minimum Gasteiger partial charge on any atom is -0.396 e. The van der Waals surface area contributed by atoms with Crippen LogP contribution in [0.3, 0.4) is 0 Å². The SMILES string of the molecule is CN(C)CCN1CCC(N2CCC(CO)C2)C1. The lowest BCUT2D eigenvalue weighted by Crippen LogP contribution is -2.37. The molecule has 2 rings (SSSR count). The second-order valence-electron chi connectivity index (χ2n) is 5.88. The van der Waals surface area contributed by atoms with Crippen molar-refractivity contribution < 1.29 is 5.11 Å². The van der Waals surface area contributed by atoms with Crippen molar-refractivity contribution in [3.63, 3.8) is 0 Å². The van der Waals surface area contributed by atoms with Gasteiger partial charge in [0.2, 0.25) is 0 Å². The van der Waals surface area contributed by atoms with E-state index in [0.29, 0.717) is 12.5 Å². The average molecular weight is 241 g/mol. The number of nitrogens with zero attached hydrogens (tertiary/aromatic N) is 3. The van der Waals surface area contributed by atoms with Gasteiger partial charge < -0.3 is 14.9 Å². The lowest BCUT2D eigenvalue weighted by Gasteiger charge is -2.24. The Kier molecular flexibility index (Phi) is 4.79. The van der Waals surface area contributed by atoms with Gasteiger partial charge in [-0.1, -0.05) is 0 Å². The van der Waals surface area contributed by atoms with Gasteiger partial charge in [0.15, 0.2) is 0 Å². The fourth-order valence-electron chi connectivity index (χ4n) is 3.00. The van der Waals surface area contributed by atoms with Gasteiger partial charge in [-0.15, -0.1) is 0 Å². The Labute approximate surface area is 105 Å². The predicted octanol–water partition coefficient (Wildman–Crippen LogP) is -0.0635. The molecule has 0 amide bonds. The van der Waals surface area contributed by atoms with E-state index in [2.05, 4.69) is 28.8 Å². The molecule has 17 heavy (non-hydrogen) atoms. The van der Waals surface area contributed by atoms with Gasteiger partial charge in [0.05, 0.1) is 0 Å². The first-order valence-electron chi connectivity index (χ1n) is 6.91. The van der Waals surface area contributed by atoms with Gasteiger partial charge in [-0.05, 0) is 45.9 Å². The van der Waals surface area contributed by atoms with Crippen molar-refractivity contribution in [1.82, 2.24) is 14.7 Å². The number of hydrogen-bond donors (Lipinski definition) is 1. The summed E-state index contributed by atoms with van der Waals surface area (Å²) in [6.45, 7) is 7.51. The van der Waals surface area contributed by atoms with E-state index in [1.165, 1.54) is 39.0 Å². The molecule has 4 heteroatoms. The third-order valence-corrected chi connectivity index (χ3v) is 4.20. The van der Waals surface area contributed by atoms with E-state index in [1.807, 2.05) is 0 Å². The number of aliphatic hydroxyl groups excluding tert-OH is 1. The van der Waals surface area contributed by atoms with E-state index in [0.717, 1.165) is 19.1 Å². The summed E-state index contributed by atoms with van der Waals surface area (Å²) in [6, 6.07) is 0.744. The first kappa shape index (κ1) is 13.3. The Morgan fingerprint density at radius 3 is 2.65 bits per heavy atom. The summed E-state index contributed by atoms with van der Waals surface area (Å²) in [6.07, 6.45) is 2.50. The highest BCUT2D eigenvalue weighted by Gasteiger charge is 2.32. The lowest BCUT2D eigenvalue weighted by molar-refractivity contribution is 0.193. The maximum Gasteiger partial charge on any atom is 0.0471 e. The Balaban J connectivity index is 1.71. The van der Waals surface area contributed by atoms with E-state index < -0.39 is 0 Å². The van der Waals surface area contributed by atoms with Gasteiger partial charge in [0.25, 0.3) is 0 Å². The van der Waals surface area contributed by atoms with Crippen LogP contribution in [-0.2, 0) is 0 Å². The van der Waals surface area contributed by atoms with Crippen LogP contribution in [0.5, 0.6) is 0 Å². The molecule has 0 saturated carbocycles. The largest absolute Gasteiger partial charge is 0.396 e. The van der Waals surface area contributed by atoms with E-state index in [-0.39, 0.29) is 0 Å². The van der Waals surface area contributed by atoms with E-state index in [4.69, 9.17) is 0 Å². The molecular formula is C13H27N3O. The van der Waals surface area contributed by atoms with Crippen molar-refractivity contribution >= 4 is 0 Å². The molecule has 2 unspecified atom stereocenters. The van der Waals surface area contributed by atoms with Crippen LogP contribution in [0, 0.1) is 5.92 Å². The maximum absolute atomic E-state index is 9.18. The van der Waals surface area contributed by atoms with Crippen molar-refractivity contribution in [2.24, 2.45) is 5.92 Å². The van der Waals surface area contributed by atoms with Gasteiger partial charge in [-0.3, -0.25) is 4.90 Å². The second-order valence-corrected chi connectivity index (χ2v) is 5.88. The zero-order valence-electron chi connectivity index (χ0n) is 11.3. The molecule has 2 heterocycles. The minimum atomic E-state index is 0.369. The summed E-state index contributed by atoms with van der Waals surface area (Å²) in [7, 11) is 4.28. The summed E-state index contributed by atoms with van der Waals surface area (Å²) in [4.78, 5) is 7.43. The zero-order chi connectivity index (χ0) is 12.3. The number of rotatable bonds is 5. The van der Waals surface area contributed by atoms with Crippen molar-refractivity contribution in [1.29, 1.82) is 0 Å². The molecule has 0 aromatic carbocycles. The predicted molar refractivity (Wildman–Crippen MR) is 70.2 cm³/mol. The summed E-state index contributed by atoms with van der Waals surface area (Å²) in [5, 5.41) is 9.18. The van der Waals surface area contributed by atoms with Crippen LogP contribution in [0.2, 0.25) is 0 Å². The quantitative estimate of drug-likeness (QED) is 0.730. The van der Waals surface area contributed by atoms with Crippen LogP contribution in [0.15, 0.2) is 0 Å². The van der Waals surface area contributed by atoms with Crippen LogP contribution in [0.4, 0.5) is 0 Å². The number of likely N-dealkylation sites (tertiary alicyclic amines) is 2. The van der Waals surface area contributed by atoms with Crippen molar-refractivity contribution in [2.75, 3.05) is 60.0 Å². The molecule has 0 radical (unpaired) electrons. The number of aliphatic hydroxyl groups is 1. The van der Waals surface area contributed by atoms with E-state index >= 15 is 0 Å². The van der Waals surface area contributed by atoms with Gasteiger partial charge in [0.1, 0.15) is 0 Å². The first-order valence-corrected chi connectivity index (χ1v) is 6.91. The van der Waals surface area contributed by atoms with Crippen molar-refractivity contribution in [3.05, 3.63) is 0 Å². The summed E-state index contributed by atoms with van der Waals surface area (Å²) >= 11 is 0. The fraction of sp³-hybridized carbons (Fsp3) is 1.00. The molecule has 0 aliphatic carbocycles. The third-order valence-electron chi connectivity index (χ3n) is 4.20. The molecule has 2 saturated heterocycles. The van der Waals surface area contributed by atoms with Crippen LogP contribution < -0.4 is 0 Å². The smallest absolute Gasteiger partial charge is 0.0471 e. The van der Waals surface area contributed by atoms with E-state index in [9.17, 15) is 5.11 Å². The Morgan fingerprint density at radius 1 is 1.18 bits per heavy atom. The standard InChI is InChI=1S/C13H27N3O/c1-14(2)7-8-15-5-4-13(10-15)16-6-3-12(9-16)11-17/h12-13,17H,3-11H2,1-2H3. The lowest BCUT2D eigenvalue weighted by atomic mass is 10.1. The fourth-order valence-corrected chi connectivity index (χ4v) is 3.00. The molecule has 0 bridgehead atoms. The normalized spacial score (nSPS) is 31.8. The highest BCUT2D eigenvalue weighted by atomic mass is 16.3. The van der Waals surface area contributed by atoms with Crippen molar-refractivity contribution in [3.8, 4) is 0 Å². The summed E-state index contributed by atoms with van der Waals surface area (Å²) in [5.41, 5.74) is 0. The van der Waals surface area contributed by atoms with E-state index in [1.54, 1.807) is 0 Å². The number of hydrogen-bond acceptors (Lipinski definition) is 4. The molecule has 2 aliphatic heterocycles. The molecule has 4 nitrogen and oxygen atoms in total. The molecule has 2 fully saturated rings. The molecule has 0 aromatic heterocycles. The third kappa shape index (κ3) is 3.65. The highest BCUT2D eigenvalue weighted by Crippen LogP contribution is 2.23. The molecule has 2 atom stereocenters. The molecule has 0 aromatic rings. The Morgan fingerprint density at radius 2 is 2.00 bits per heavy atom. The average Bonchev–Trinajstić information content (AvgIpc) is 2.94. The monoisotopic (exact) mass is 241 g/mol. The van der Waals surface area contributed by atoms with Crippen LogP contribution in [-0.4, -0.2) is 85.8 Å². The van der Waals surface area contributed by atoms with Crippen molar-refractivity contribution in [2.45, 2.75) is 18.9 Å². The molecule has 100 valence electrons. The topological polar surface area (TPSA) is 30.0 Å².